The first-order chi connectivity index (χ1) is 16.4. The normalized spacial score (nSPS) is 14.3. The summed E-state index contributed by atoms with van der Waals surface area (Å²) < 4.78 is 1.87. The number of thioether (sulfide) groups is 1. The van der Waals surface area contributed by atoms with Crippen molar-refractivity contribution in [3.63, 3.8) is 0 Å². The number of hydrogen-bond donors (Lipinski definition) is 1. The molecule has 34 heavy (non-hydrogen) atoms. The Kier molecular flexibility index (Phi) is 7.70. The van der Waals surface area contributed by atoms with E-state index in [0.717, 1.165) is 17.7 Å². The molecule has 0 bridgehead atoms. The predicted molar refractivity (Wildman–Crippen MR) is 135 cm³/mol. The maximum atomic E-state index is 13.3. The van der Waals surface area contributed by atoms with Gasteiger partial charge in [0.25, 0.3) is 5.91 Å². The van der Waals surface area contributed by atoms with E-state index in [0.29, 0.717) is 46.7 Å². The Labute approximate surface area is 208 Å². The van der Waals surface area contributed by atoms with Crippen molar-refractivity contribution in [2.45, 2.75) is 30.5 Å². The van der Waals surface area contributed by atoms with Crippen LogP contribution in [0.4, 0.5) is 5.69 Å². The van der Waals surface area contributed by atoms with Crippen LogP contribution >= 0.6 is 23.4 Å². The summed E-state index contributed by atoms with van der Waals surface area (Å²) in [5.41, 5.74) is 2.30. The minimum absolute atomic E-state index is 0.0863. The van der Waals surface area contributed by atoms with Gasteiger partial charge in [-0.15, -0.1) is 10.2 Å². The number of anilines is 1. The third-order valence-corrected chi connectivity index (χ3v) is 7.02. The van der Waals surface area contributed by atoms with Gasteiger partial charge in [-0.2, -0.15) is 0 Å². The fraction of sp³-hybridized carbons (Fsp3) is 0.280. The first-order valence-corrected chi connectivity index (χ1v) is 12.4. The summed E-state index contributed by atoms with van der Waals surface area (Å²) in [4.78, 5) is 27.2. The average molecular weight is 496 g/mol. The highest BCUT2D eigenvalue weighted by Gasteiger charge is 2.25. The van der Waals surface area contributed by atoms with Crippen LogP contribution in [-0.2, 0) is 18.3 Å². The zero-order valence-electron chi connectivity index (χ0n) is 18.9. The molecule has 2 aromatic carbocycles. The smallest absolute Gasteiger partial charge is 0.251 e. The van der Waals surface area contributed by atoms with Crippen molar-refractivity contribution in [2.24, 2.45) is 7.05 Å². The molecular weight excluding hydrogens is 470 g/mol. The molecule has 7 nitrogen and oxygen atoms in total. The lowest BCUT2D eigenvalue weighted by molar-refractivity contribution is -0.117. The number of halogens is 1. The van der Waals surface area contributed by atoms with Crippen molar-refractivity contribution in [3.8, 4) is 0 Å². The van der Waals surface area contributed by atoms with Crippen molar-refractivity contribution in [1.82, 2.24) is 20.1 Å². The van der Waals surface area contributed by atoms with Gasteiger partial charge >= 0.3 is 0 Å². The summed E-state index contributed by atoms with van der Waals surface area (Å²) in [5, 5.41) is 13.0. The lowest BCUT2D eigenvalue weighted by atomic mass is 10.0. The van der Waals surface area contributed by atoms with Crippen LogP contribution in [0, 0.1) is 0 Å². The van der Waals surface area contributed by atoms with E-state index < -0.39 is 6.04 Å². The van der Waals surface area contributed by atoms with E-state index in [4.69, 9.17) is 11.6 Å². The van der Waals surface area contributed by atoms with Crippen LogP contribution in [0.25, 0.3) is 0 Å². The molecule has 1 aromatic heterocycles. The van der Waals surface area contributed by atoms with Gasteiger partial charge in [0.1, 0.15) is 0 Å². The minimum Gasteiger partial charge on any atom is -0.342 e. The van der Waals surface area contributed by atoms with E-state index in [9.17, 15) is 9.59 Å². The van der Waals surface area contributed by atoms with E-state index in [1.807, 2.05) is 48.0 Å². The van der Waals surface area contributed by atoms with Crippen LogP contribution in [0.2, 0.25) is 0 Å². The molecule has 9 heteroatoms. The lowest BCUT2D eigenvalue weighted by Crippen LogP contribution is -2.32. The topological polar surface area (TPSA) is 80.1 Å². The first kappa shape index (κ1) is 24.0. The van der Waals surface area contributed by atoms with Gasteiger partial charge in [0.15, 0.2) is 11.0 Å². The highest BCUT2D eigenvalue weighted by atomic mass is 35.5. The van der Waals surface area contributed by atoms with E-state index in [2.05, 4.69) is 22.1 Å². The molecule has 1 aliphatic rings. The second kappa shape index (κ2) is 10.9. The Bertz CT molecular complexity index is 1200. The molecule has 0 saturated carbocycles. The summed E-state index contributed by atoms with van der Waals surface area (Å²) in [6, 6.07) is 16.7. The summed E-state index contributed by atoms with van der Waals surface area (Å²) in [7, 11) is 1.87. The molecule has 1 unspecified atom stereocenters. The zero-order chi connectivity index (χ0) is 24.1. The number of nitrogens with zero attached hydrogens (tertiary/aromatic N) is 4. The van der Waals surface area contributed by atoms with Gasteiger partial charge in [0.05, 0.1) is 6.04 Å². The summed E-state index contributed by atoms with van der Waals surface area (Å²) >= 11 is 7.35. The van der Waals surface area contributed by atoms with Gasteiger partial charge in [0.2, 0.25) is 5.91 Å². The molecule has 0 spiro atoms. The van der Waals surface area contributed by atoms with Gasteiger partial charge in [0, 0.05) is 42.0 Å². The molecule has 1 saturated heterocycles. The monoisotopic (exact) mass is 495 g/mol. The second-order valence-corrected chi connectivity index (χ2v) is 9.60. The lowest BCUT2D eigenvalue weighted by Gasteiger charge is -2.20. The number of hydrogen-bond acceptors (Lipinski definition) is 5. The van der Waals surface area contributed by atoms with Gasteiger partial charge < -0.3 is 14.8 Å². The Morgan fingerprint density at radius 1 is 1.21 bits per heavy atom. The molecule has 0 aliphatic carbocycles. The Balaban J connectivity index is 1.58. The SMILES string of the molecule is C=C(Cl)CSc1nnc(C(Cc2ccccc2)NC(=O)c2cccc(N3CCCC3=O)c2)n1C. The van der Waals surface area contributed by atoms with Crippen LogP contribution in [0.15, 0.2) is 71.4 Å². The molecule has 0 radical (unpaired) electrons. The molecule has 1 N–H and O–H groups in total. The summed E-state index contributed by atoms with van der Waals surface area (Å²) in [5.74, 6) is 1.01. The zero-order valence-corrected chi connectivity index (χ0v) is 20.5. The number of aromatic nitrogens is 3. The van der Waals surface area contributed by atoms with Crippen molar-refractivity contribution in [1.29, 1.82) is 0 Å². The van der Waals surface area contributed by atoms with Crippen LogP contribution < -0.4 is 10.2 Å². The van der Waals surface area contributed by atoms with Crippen LogP contribution in [0.3, 0.4) is 0 Å². The molecular formula is C25H26ClN5O2S. The van der Waals surface area contributed by atoms with Crippen LogP contribution in [-0.4, -0.2) is 38.9 Å². The summed E-state index contributed by atoms with van der Waals surface area (Å²) in [6.07, 6.45) is 1.92. The van der Waals surface area contributed by atoms with Crippen LogP contribution in [0.5, 0.6) is 0 Å². The van der Waals surface area contributed by atoms with Gasteiger partial charge in [-0.25, -0.2) is 0 Å². The fourth-order valence-electron chi connectivity index (χ4n) is 3.93. The Hall–Kier alpha value is -3.10. The van der Waals surface area contributed by atoms with E-state index in [1.165, 1.54) is 11.8 Å². The number of nitrogens with one attached hydrogen (secondary N) is 1. The van der Waals surface area contributed by atoms with Gasteiger partial charge in [-0.3, -0.25) is 9.59 Å². The summed E-state index contributed by atoms with van der Waals surface area (Å²) in [6.45, 7) is 4.39. The quantitative estimate of drug-likeness (QED) is 0.442. The molecule has 4 rings (SSSR count). The fourth-order valence-corrected chi connectivity index (χ4v) is 4.77. The molecule has 1 atom stereocenters. The molecule has 2 heterocycles. The van der Waals surface area contributed by atoms with Gasteiger partial charge in [-0.1, -0.05) is 66.3 Å². The Morgan fingerprint density at radius 2 is 2.00 bits per heavy atom. The highest BCUT2D eigenvalue weighted by molar-refractivity contribution is 7.99. The second-order valence-electron chi connectivity index (χ2n) is 8.12. The van der Waals surface area contributed by atoms with Crippen LogP contribution in [0.1, 0.15) is 40.6 Å². The largest absolute Gasteiger partial charge is 0.342 e. The number of carbonyl (C=O) groups is 2. The average Bonchev–Trinajstić information content (AvgIpc) is 3.43. The Morgan fingerprint density at radius 3 is 2.71 bits per heavy atom. The predicted octanol–water partition coefficient (Wildman–Crippen LogP) is 4.50. The number of rotatable bonds is 9. The van der Waals surface area contributed by atoms with E-state index in [-0.39, 0.29) is 11.8 Å². The molecule has 176 valence electrons. The van der Waals surface area contributed by atoms with E-state index in [1.54, 1.807) is 23.1 Å². The number of amides is 2. The first-order valence-electron chi connectivity index (χ1n) is 11.0. The van der Waals surface area contributed by atoms with Gasteiger partial charge in [-0.05, 0) is 36.6 Å². The third-order valence-electron chi connectivity index (χ3n) is 5.62. The number of carbonyl (C=O) groups excluding carboxylic acids is 2. The highest BCUT2D eigenvalue weighted by Crippen LogP contribution is 2.25. The van der Waals surface area contributed by atoms with E-state index >= 15 is 0 Å². The van der Waals surface area contributed by atoms with Crippen molar-refractivity contribution >= 4 is 40.9 Å². The van der Waals surface area contributed by atoms with Crippen molar-refractivity contribution in [2.75, 3.05) is 17.2 Å². The maximum absolute atomic E-state index is 13.3. The number of benzene rings is 2. The molecule has 2 amide bonds. The third kappa shape index (κ3) is 5.69. The minimum atomic E-state index is -0.405. The molecule has 1 fully saturated rings. The van der Waals surface area contributed by atoms with Crippen molar-refractivity contribution in [3.05, 3.63) is 83.2 Å². The standard InChI is InChI=1S/C25H26ClN5O2S/c1-17(26)16-34-25-29-28-23(30(25)2)21(14-18-8-4-3-5-9-18)27-24(33)19-10-6-11-20(15-19)31-13-7-12-22(31)32/h3-6,8-11,15,21H,1,7,12-14,16H2,2H3,(H,27,33). The van der Waals surface area contributed by atoms with Crippen molar-refractivity contribution < 1.29 is 9.59 Å². The maximum Gasteiger partial charge on any atom is 0.251 e. The molecule has 1 aliphatic heterocycles. The molecule has 3 aromatic rings.